The van der Waals surface area contributed by atoms with Gasteiger partial charge in [-0.1, -0.05) is 19.1 Å². The lowest BCUT2D eigenvalue weighted by atomic mass is 10.2. The Morgan fingerprint density at radius 1 is 1.20 bits per heavy atom. The molecule has 2 nitrogen and oxygen atoms in total. The van der Waals surface area contributed by atoms with Crippen LogP contribution in [0.4, 0.5) is 13.2 Å². The van der Waals surface area contributed by atoms with Gasteiger partial charge in [-0.2, -0.15) is 13.2 Å². The van der Waals surface area contributed by atoms with E-state index in [-0.39, 0.29) is 18.8 Å². The van der Waals surface area contributed by atoms with Gasteiger partial charge >= 0.3 is 6.30 Å². The second-order valence-corrected chi connectivity index (χ2v) is 3.15. The van der Waals surface area contributed by atoms with Crippen LogP contribution in [0.25, 0.3) is 0 Å². The van der Waals surface area contributed by atoms with Crippen molar-refractivity contribution in [1.82, 2.24) is 4.90 Å². The van der Waals surface area contributed by atoms with Gasteiger partial charge in [0.1, 0.15) is 5.75 Å². The molecule has 84 valence electrons. The summed E-state index contributed by atoms with van der Waals surface area (Å²) < 4.78 is 37.1. The van der Waals surface area contributed by atoms with Crippen molar-refractivity contribution >= 4 is 0 Å². The Morgan fingerprint density at radius 3 is 2.13 bits per heavy atom. The number of rotatable bonds is 3. The summed E-state index contributed by atoms with van der Waals surface area (Å²) in [4.78, 5) is 0.402. The van der Waals surface area contributed by atoms with Crippen molar-refractivity contribution in [3.05, 3.63) is 29.8 Å². The summed E-state index contributed by atoms with van der Waals surface area (Å²) in [6, 6.07) is 5.70. The molecule has 5 heteroatoms. The molecule has 0 aliphatic rings. The smallest absolute Gasteiger partial charge is 0.460 e. The molecule has 0 atom stereocenters. The van der Waals surface area contributed by atoms with E-state index in [0.717, 1.165) is 0 Å². The normalized spacial score (nSPS) is 12.1. The average molecular weight is 219 g/mol. The van der Waals surface area contributed by atoms with Crippen LogP contribution < -0.4 is 0 Å². The van der Waals surface area contributed by atoms with Gasteiger partial charge < -0.3 is 5.11 Å². The van der Waals surface area contributed by atoms with Crippen molar-refractivity contribution in [1.29, 1.82) is 0 Å². The molecule has 1 rings (SSSR count). The Bertz CT molecular complexity index is 307. The molecule has 0 amide bonds. The Kier molecular flexibility index (Phi) is 3.57. The first kappa shape index (κ1) is 11.8. The van der Waals surface area contributed by atoms with Crippen LogP contribution in [-0.4, -0.2) is 22.9 Å². The first-order chi connectivity index (χ1) is 6.93. The van der Waals surface area contributed by atoms with E-state index in [1.54, 1.807) is 0 Å². The fraction of sp³-hybridized carbons (Fsp3) is 0.400. The minimum absolute atomic E-state index is 0.0498. The third-order valence-corrected chi connectivity index (χ3v) is 2.05. The molecule has 0 aliphatic carbocycles. The maximum absolute atomic E-state index is 12.4. The summed E-state index contributed by atoms with van der Waals surface area (Å²) in [5, 5.41) is 8.97. The number of hydrogen-bond acceptors (Lipinski definition) is 2. The molecule has 0 saturated heterocycles. The van der Waals surface area contributed by atoms with Crippen molar-refractivity contribution in [2.24, 2.45) is 0 Å². The number of nitrogens with zero attached hydrogens (tertiary/aromatic N) is 1. The number of hydrogen-bond donors (Lipinski definition) is 1. The van der Waals surface area contributed by atoms with Crippen molar-refractivity contribution in [3.63, 3.8) is 0 Å². The van der Waals surface area contributed by atoms with E-state index < -0.39 is 6.30 Å². The average Bonchev–Trinajstić information content (AvgIpc) is 2.15. The molecule has 0 bridgehead atoms. The molecule has 0 aliphatic heterocycles. The van der Waals surface area contributed by atoms with Crippen LogP contribution >= 0.6 is 0 Å². The van der Waals surface area contributed by atoms with Crippen molar-refractivity contribution in [3.8, 4) is 5.75 Å². The minimum Gasteiger partial charge on any atom is -0.508 e. The molecule has 1 aromatic rings. The monoisotopic (exact) mass is 219 g/mol. The van der Waals surface area contributed by atoms with Crippen molar-refractivity contribution in [2.75, 3.05) is 6.54 Å². The summed E-state index contributed by atoms with van der Waals surface area (Å²) in [5.74, 6) is 0.0498. The number of aromatic hydroxyl groups is 1. The van der Waals surface area contributed by atoms with Gasteiger partial charge in [-0.25, -0.2) is 4.90 Å². The maximum atomic E-state index is 12.4. The summed E-state index contributed by atoms with van der Waals surface area (Å²) in [7, 11) is 0. The molecular weight excluding hydrogens is 207 g/mol. The number of phenols is 1. The molecule has 0 aromatic heterocycles. The van der Waals surface area contributed by atoms with E-state index in [0.29, 0.717) is 10.5 Å². The predicted molar refractivity (Wildman–Crippen MR) is 50.2 cm³/mol. The van der Waals surface area contributed by atoms with Gasteiger partial charge in [-0.15, -0.1) is 0 Å². The third-order valence-electron chi connectivity index (χ3n) is 2.05. The Hall–Kier alpha value is -1.23. The van der Waals surface area contributed by atoms with Gasteiger partial charge in [0.15, 0.2) is 0 Å². The summed E-state index contributed by atoms with van der Waals surface area (Å²) in [6.45, 7) is 1.17. The Labute approximate surface area is 85.9 Å². The summed E-state index contributed by atoms with van der Waals surface area (Å²) in [6.07, 6.45) is -4.31. The third kappa shape index (κ3) is 3.43. The molecule has 0 radical (unpaired) electrons. The van der Waals surface area contributed by atoms with E-state index in [9.17, 15) is 13.2 Å². The SMILES string of the molecule is CCN(Cc1ccc(O)cc1)C(F)(F)F. The molecule has 0 saturated carbocycles. The van der Waals surface area contributed by atoms with E-state index >= 15 is 0 Å². The van der Waals surface area contributed by atoms with Gasteiger partial charge in [-0.05, 0) is 17.7 Å². The number of phenolic OH excluding ortho intramolecular Hbond substituents is 1. The predicted octanol–water partition coefficient (Wildman–Crippen LogP) is 2.73. The summed E-state index contributed by atoms with van der Waals surface area (Å²) in [5.41, 5.74) is 0.520. The molecule has 0 heterocycles. The number of benzene rings is 1. The zero-order valence-corrected chi connectivity index (χ0v) is 8.25. The van der Waals surface area contributed by atoms with Gasteiger partial charge in [-0.3, -0.25) is 0 Å². The molecule has 1 N–H and O–H groups in total. The van der Waals surface area contributed by atoms with E-state index in [1.807, 2.05) is 0 Å². The minimum atomic E-state index is -4.31. The molecule has 0 spiro atoms. The lowest BCUT2D eigenvalue weighted by molar-refractivity contribution is -0.247. The first-order valence-electron chi connectivity index (χ1n) is 4.53. The molecule has 0 unspecified atom stereocenters. The van der Waals surface area contributed by atoms with Crippen LogP contribution in [-0.2, 0) is 6.54 Å². The highest BCUT2D eigenvalue weighted by Gasteiger charge is 2.35. The van der Waals surface area contributed by atoms with Crippen LogP contribution in [0.3, 0.4) is 0 Å². The van der Waals surface area contributed by atoms with Gasteiger partial charge in [0.2, 0.25) is 0 Å². The van der Waals surface area contributed by atoms with Crippen LogP contribution in [0.5, 0.6) is 5.75 Å². The van der Waals surface area contributed by atoms with Gasteiger partial charge in [0, 0.05) is 13.1 Å². The van der Waals surface area contributed by atoms with E-state index in [1.165, 1.54) is 31.2 Å². The lowest BCUT2D eigenvalue weighted by Gasteiger charge is -2.23. The standard InChI is InChI=1S/C10H12F3NO/c1-2-14(10(11,12)13)7-8-3-5-9(15)6-4-8/h3-6,15H,2,7H2,1H3. The number of halogens is 3. The zero-order valence-electron chi connectivity index (χ0n) is 8.25. The van der Waals surface area contributed by atoms with Crippen LogP contribution in [0, 0.1) is 0 Å². The quantitative estimate of drug-likeness (QED) is 0.790. The molecular formula is C10H12F3NO. The lowest BCUT2D eigenvalue weighted by Crippen LogP contribution is -2.37. The van der Waals surface area contributed by atoms with Crippen LogP contribution in [0.1, 0.15) is 12.5 Å². The molecule has 0 fully saturated rings. The van der Waals surface area contributed by atoms with Crippen molar-refractivity contribution in [2.45, 2.75) is 19.8 Å². The van der Waals surface area contributed by atoms with Gasteiger partial charge in [0.05, 0.1) is 0 Å². The topological polar surface area (TPSA) is 23.5 Å². The maximum Gasteiger partial charge on any atom is 0.460 e. The van der Waals surface area contributed by atoms with Crippen LogP contribution in [0.2, 0.25) is 0 Å². The van der Waals surface area contributed by atoms with Crippen LogP contribution in [0.15, 0.2) is 24.3 Å². The summed E-state index contributed by atoms with van der Waals surface area (Å²) >= 11 is 0. The highest BCUT2D eigenvalue weighted by molar-refractivity contribution is 5.25. The molecule has 15 heavy (non-hydrogen) atoms. The fourth-order valence-electron chi connectivity index (χ4n) is 1.20. The zero-order chi connectivity index (χ0) is 11.5. The number of alkyl halides is 3. The molecule has 1 aromatic carbocycles. The highest BCUT2D eigenvalue weighted by Crippen LogP contribution is 2.23. The Balaban J connectivity index is 2.71. The van der Waals surface area contributed by atoms with Crippen molar-refractivity contribution < 1.29 is 18.3 Å². The van der Waals surface area contributed by atoms with E-state index in [2.05, 4.69) is 0 Å². The Morgan fingerprint density at radius 2 is 1.73 bits per heavy atom. The highest BCUT2D eigenvalue weighted by atomic mass is 19.4. The van der Waals surface area contributed by atoms with E-state index in [4.69, 9.17) is 5.11 Å². The first-order valence-corrected chi connectivity index (χ1v) is 4.53. The largest absolute Gasteiger partial charge is 0.508 e. The van der Waals surface area contributed by atoms with Gasteiger partial charge in [0.25, 0.3) is 0 Å². The second kappa shape index (κ2) is 4.53. The fourth-order valence-corrected chi connectivity index (χ4v) is 1.20. The second-order valence-electron chi connectivity index (χ2n) is 3.15.